The highest BCUT2D eigenvalue weighted by atomic mass is 32.2. The van der Waals surface area contributed by atoms with E-state index in [2.05, 4.69) is 24.9 Å². The highest BCUT2D eigenvalue weighted by molar-refractivity contribution is 7.89. The maximum absolute atomic E-state index is 11.9. The molecule has 0 fully saturated rings. The Labute approximate surface area is 110 Å². The first-order valence-corrected chi connectivity index (χ1v) is 7.12. The molecule has 2 heterocycles. The zero-order valence-corrected chi connectivity index (χ0v) is 10.9. The number of sulfonamides is 1. The van der Waals surface area contributed by atoms with Crippen LogP contribution in [0.25, 0.3) is 0 Å². The molecule has 0 saturated heterocycles. The van der Waals surface area contributed by atoms with E-state index in [1.807, 2.05) is 0 Å². The number of nitrogens with zero attached hydrogens (tertiary/aromatic N) is 3. The Morgan fingerprint density at radius 1 is 1.37 bits per heavy atom. The lowest BCUT2D eigenvalue weighted by Crippen LogP contribution is -2.26. The van der Waals surface area contributed by atoms with E-state index in [9.17, 15) is 8.42 Å². The Hall–Kier alpha value is -2.00. The number of aromatic nitrogens is 4. The molecule has 0 radical (unpaired) electrons. The van der Waals surface area contributed by atoms with E-state index in [0.717, 1.165) is 5.82 Å². The van der Waals surface area contributed by atoms with Crippen molar-refractivity contribution in [2.75, 3.05) is 12.3 Å². The quantitative estimate of drug-likeness (QED) is 0.624. The van der Waals surface area contributed by atoms with Gasteiger partial charge in [-0.1, -0.05) is 0 Å². The minimum Gasteiger partial charge on any atom is -0.396 e. The lowest BCUT2D eigenvalue weighted by Gasteiger charge is -2.07. The van der Waals surface area contributed by atoms with Crippen molar-refractivity contribution in [3.63, 3.8) is 0 Å². The van der Waals surface area contributed by atoms with Crippen LogP contribution in [0, 0.1) is 0 Å². The molecule has 0 aliphatic carbocycles. The standard InChI is InChI=1S/C10H14N6O2S/c11-8-3-1-5-12-10(8)19(17,18)15-6-2-4-9-13-7-14-16-9/h1,3,5,7,15H,2,4,6,11H2,(H,13,14,16). The molecule has 0 atom stereocenters. The van der Waals surface area contributed by atoms with Gasteiger partial charge in [0.05, 0.1) is 5.69 Å². The van der Waals surface area contributed by atoms with Gasteiger partial charge in [0.1, 0.15) is 12.2 Å². The minimum absolute atomic E-state index is 0.130. The summed E-state index contributed by atoms with van der Waals surface area (Å²) in [6, 6.07) is 3.08. The summed E-state index contributed by atoms with van der Waals surface area (Å²) in [6.07, 6.45) is 4.01. The van der Waals surface area contributed by atoms with Gasteiger partial charge in [0.15, 0.2) is 5.03 Å². The van der Waals surface area contributed by atoms with Crippen molar-refractivity contribution in [1.82, 2.24) is 24.9 Å². The molecule has 0 unspecified atom stereocenters. The highest BCUT2D eigenvalue weighted by Crippen LogP contribution is 2.13. The topological polar surface area (TPSA) is 127 Å². The Morgan fingerprint density at radius 2 is 2.21 bits per heavy atom. The van der Waals surface area contributed by atoms with Gasteiger partial charge in [-0.15, -0.1) is 0 Å². The fraction of sp³-hybridized carbons (Fsp3) is 0.300. The van der Waals surface area contributed by atoms with Crippen LogP contribution in [0.3, 0.4) is 0 Å². The Bertz CT molecular complexity index is 625. The van der Waals surface area contributed by atoms with Crippen molar-refractivity contribution in [3.05, 3.63) is 30.5 Å². The molecule has 2 aromatic rings. The van der Waals surface area contributed by atoms with Gasteiger partial charge >= 0.3 is 0 Å². The van der Waals surface area contributed by atoms with Crippen molar-refractivity contribution >= 4 is 15.7 Å². The Kier molecular flexibility index (Phi) is 4.07. The van der Waals surface area contributed by atoms with Crippen LogP contribution in [0.4, 0.5) is 5.69 Å². The van der Waals surface area contributed by atoms with Crippen molar-refractivity contribution < 1.29 is 8.42 Å². The number of nitrogen functional groups attached to an aromatic ring is 1. The van der Waals surface area contributed by atoms with Gasteiger partial charge in [0, 0.05) is 19.2 Å². The first-order chi connectivity index (χ1) is 9.09. The molecule has 2 aromatic heterocycles. The van der Waals surface area contributed by atoms with Crippen molar-refractivity contribution in [3.8, 4) is 0 Å². The molecule has 102 valence electrons. The van der Waals surface area contributed by atoms with Crippen LogP contribution < -0.4 is 10.5 Å². The van der Waals surface area contributed by atoms with Crippen molar-refractivity contribution in [2.24, 2.45) is 0 Å². The molecule has 0 bridgehead atoms. The number of H-pyrrole nitrogens is 1. The molecule has 9 heteroatoms. The third kappa shape index (κ3) is 3.48. The van der Waals surface area contributed by atoms with E-state index in [1.165, 1.54) is 18.6 Å². The number of rotatable bonds is 6. The van der Waals surface area contributed by atoms with Gasteiger partial charge in [0.25, 0.3) is 10.0 Å². The molecule has 2 rings (SSSR count). The molecule has 0 amide bonds. The molecule has 4 N–H and O–H groups in total. The molecule has 0 aliphatic rings. The summed E-state index contributed by atoms with van der Waals surface area (Å²) in [6.45, 7) is 0.277. The molecular formula is C10H14N6O2S. The first-order valence-electron chi connectivity index (χ1n) is 5.64. The summed E-state index contributed by atoms with van der Waals surface area (Å²) in [5, 5.41) is 6.27. The number of aromatic amines is 1. The molecule has 0 spiro atoms. The van der Waals surface area contributed by atoms with Gasteiger partial charge in [-0.3, -0.25) is 5.10 Å². The van der Waals surface area contributed by atoms with Crippen LogP contribution in [-0.2, 0) is 16.4 Å². The van der Waals surface area contributed by atoms with Crippen LogP contribution in [0.5, 0.6) is 0 Å². The van der Waals surface area contributed by atoms with Gasteiger partial charge in [-0.25, -0.2) is 23.1 Å². The summed E-state index contributed by atoms with van der Waals surface area (Å²) in [5.41, 5.74) is 5.71. The third-order valence-electron chi connectivity index (χ3n) is 2.40. The summed E-state index contributed by atoms with van der Waals surface area (Å²) in [5.74, 6) is 0.719. The zero-order valence-electron chi connectivity index (χ0n) is 10.1. The summed E-state index contributed by atoms with van der Waals surface area (Å²) >= 11 is 0. The largest absolute Gasteiger partial charge is 0.396 e. The van der Waals surface area contributed by atoms with E-state index in [1.54, 1.807) is 6.07 Å². The first kappa shape index (κ1) is 13.4. The van der Waals surface area contributed by atoms with Gasteiger partial charge in [0.2, 0.25) is 0 Å². The molecule has 19 heavy (non-hydrogen) atoms. The SMILES string of the molecule is Nc1cccnc1S(=O)(=O)NCCCc1ncn[nH]1. The zero-order chi connectivity index (χ0) is 13.7. The molecule has 0 aromatic carbocycles. The second-order valence-electron chi connectivity index (χ2n) is 3.83. The second-order valence-corrected chi connectivity index (χ2v) is 5.51. The van der Waals surface area contributed by atoms with Gasteiger partial charge in [-0.05, 0) is 18.6 Å². The molecule has 0 aliphatic heterocycles. The monoisotopic (exact) mass is 282 g/mol. The summed E-state index contributed by atoms with van der Waals surface area (Å²) < 4.78 is 26.3. The maximum atomic E-state index is 11.9. The van der Waals surface area contributed by atoms with Gasteiger partial charge in [-0.2, -0.15) is 5.10 Å². The Balaban J connectivity index is 1.90. The van der Waals surface area contributed by atoms with E-state index in [-0.39, 0.29) is 17.3 Å². The van der Waals surface area contributed by atoms with Crippen LogP contribution in [-0.4, -0.2) is 35.1 Å². The lowest BCUT2D eigenvalue weighted by atomic mass is 10.3. The third-order valence-corrected chi connectivity index (χ3v) is 3.84. The number of hydrogen-bond donors (Lipinski definition) is 3. The molecule has 0 saturated carbocycles. The summed E-state index contributed by atoms with van der Waals surface area (Å²) in [7, 11) is -3.66. The second kappa shape index (κ2) is 5.76. The van der Waals surface area contributed by atoms with E-state index < -0.39 is 10.0 Å². The van der Waals surface area contributed by atoms with Crippen molar-refractivity contribution in [2.45, 2.75) is 17.9 Å². The van der Waals surface area contributed by atoms with Crippen LogP contribution in [0.2, 0.25) is 0 Å². The van der Waals surface area contributed by atoms with E-state index in [4.69, 9.17) is 5.73 Å². The fourth-order valence-electron chi connectivity index (χ4n) is 1.51. The number of nitrogens with two attached hydrogens (primary N) is 1. The van der Waals surface area contributed by atoms with Crippen LogP contribution >= 0.6 is 0 Å². The normalized spacial score (nSPS) is 11.6. The smallest absolute Gasteiger partial charge is 0.260 e. The number of pyridine rings is 1. The van der Waals surface area contributed by atoms with Crippen LogP contribution in [0.15, 0.2) is 29.7 Å². The molecular weight excluding hydrogens is 268 g/mol. The predicted molar refractivity (Wildman–Crippen MR) is 68.5 cm³/mol. The number of anilines is 1. The maximum Gasteiger partial charge on any atom is 0.260 e. The van der Waals surface area contributed by atoms with Crippen molar-refractivity contribution in [1.29, 1.82) is 0 Å². The number of nitrogens with one attached hydrogen (secondary N) is 2. The number of aryl methyl sites for hydroxylation is 1. The average Bonchev–Trinajstić information content (AvgIpc) is 2.88. The molecule has 8 nitrogen and oxygen atoms in total. The summed E-state index contributed by atoms with van der Waals surface area (Å²) in [4.78, 5) is 7.72. The van der Waals surface area contributed by atoms with Crippen LogP contribution in [0.1, 0.15) is 12.2 Å². The minimum atomic E-state index is -3.66. The number of hydrogen-bond acceptors (Lipinski definition) is 6. The predicted octanol–water partition coefficient (Wildman–Crippen LogP) is -0.307. The highest BCUT2D eigenvalue weighted by Gasteiger charge is 2.17. The lowest BCUT2D eigenvalue weighted by molar-refractivity contribution is 0.575. The van der Waals surface area contributed by atoms with Gasteiger partial charge < -0.3 is 5.73 Å². The van der Waals surface area contributed by atoms with E-state index >= 15 is 0 Å². The Morgan fingerprint density at radius 3 is 2.89 bits per heavy atom. The fourth-order valence-corrected chi connectivity index (χ4v) is 2.64. The van der Waals surface area contributed by atoms with E-state index in [0.29, 0.717) is 12.8 Å². The average molecular weight is 282 g/mol.